The minimum absolute atomic E-state index is 0.166. The summed E-state index contributed by atoms with van der Waals surface area (Å²) in [5, 5.41) is 3.65. The predicted octanol–water partition coefficient (Wildman–Crippen LogP) is 5.15. The van der Waals surface area contributed by atoms with Crippen molar-refractivity contribution in [1.82, 2.24) is 10.2 Å². The minimum atomic E-state index is -0.166. The van der Waals surface area contributed by atoms with Gasteiger partial charge in [-0.3, -0.25) is 4.90 Å². The second-order valence-corrected chi connectivity index (χ2v) is 8.23. The highest BCUT2D eigenvalue weighted by Crippen LogP contribution is 2.25. The number of hydrogen-bond acceptors (Lipinski definition) is 2. The summed E-state index contributed by atoms with van der Waals surface area (Å²) in [6, 6.07) is 24.9. The summed E-state index contributed by atoms with van der Waals surface area (Å²) in [6.07, 6.45) is 3.07. The third kappa shape index (κ3) is 5.16. The van der Waals surface area contributed by atoms with Crippen LogP contribution >= 0.6 is 0 Å². The zero-order valence-electron chi connectivity index (χ0n) is 17.8. The average Bonchev–Trinajstić information content (AvgIpc) is 2.78. The third-order valence-electron chi connectivity index (χ3n) is 6.24. The zero-order chi connectivity index (χ0) is 20.8. The Hall–Kier alpha value is -2.49. The van der Waals surface area contributed by atoms with Crippen molar-refractivity contribution in [2.24, 2.45) is 0 Å². The number of hydrogen-bond donors (Lipinski definition) is 1. The average molecular weight is 403 g/mol. The maximum atomic E-state index is 13.3. The van der Waals surface area contributed by atoms with E-state index in [1.165, 1.54) is 27.8 Å². The van der Waals surface area contributed by atoms with Crippen LogP contribution in [0.15, 0.2) is 72.8 Å². The molecule has 2 nitrogen and oxygen atoms in total. The molecule has 1 unspecified atom stereocenters. The van der Waals surface area contributed by atoms with Crippen LogP contribution < -0.4 is 5.32 Å². The highest BCUT2D eigenvalue weighted by atomic mass is 19.1. The van der Waals surface area contributed by atoms with Gasteiger partial charge < -0.3 is 5.32 Å². The molecule has 4 rings (SSSR count). The molecule has 1 aliphatic heterocycles. The van der Waals surface area contributed by atoms with Gasteiger partial charge in [0.25, 0.3) is 0 Å². The van der Waals surface area contributed by atoms with Gasteiger partial charge in [0, 0.05) is 32.2 Å². The lowest BCUT2D eigenvalue weighted by atomic mass is 9.90. The number of halogens is 1. The van der Waals surface area contributed by atoms with Crippen LogP contribution in [-0.4, -0.2) is 24.0 Å². The smallest absolute Gasteiger partial charge is 0.123 e. The Labute approximate surface area is 179 Å². The Kier molecular flexibility index (Phi) is 6.93. The Morgan fingerprint density at radius 3 is 2.37 bits per heavy atom. The van der Waals surface area contributed by atoms with E-state index < -0.39 is 0 Å². The highest BCUT2D eigenvalue weighted by molar-refractivity contribution is 5.31. The van der Waals surface area contributed by atoms with Gasteiger partial charge in [0.2, 0.25) is 0 Å². The van der Waals surface area contributed by atoms with Crippen LogP contribution in [0.5, 0.6) is 0 Å². The molecule has 0 saturated heterocycles. The molecule has 0 saturated carbocycles. The van der Waals surface area contributed by atoms with E-state index in [2.05, 4.69) is 65.7 Å². The van der Waals surface area contributed by atoms with Crippen LogP contribution in [0.1, 0.15) is 34.7 Å². The van der Waals surface area contributed by atoms with Crippen molar-refractivity contribution in [3.63, 3.8) is 0 Å². The molecule has 0 fully saturated rings. The summed E-state index contributed by atoms with van der Waals surface area (Å²) in [4.78, 5) is 2.59. The quantitative estimate of drug-likeness (QED) is 0.525. The van der Waals surface area contributed by atoms with Crippen LogP contribution in [-0.2, 0) is 32.4 Å². The normalized spacial score (nSPS) is 16.4. The molecule has 0 aliphatic carbocycles. The molecule has 30 heavy (non-hydrogen) atoms. The summed E-state index contributed by atoms with van der Waals surface area (Å²) in [6.45, 7) is 6.07. The molecule has 156 valence electrons. The minimum Gasteiger partial charge on any atom is -0.311 e. The number of nitrogens with one attached hydrogen (secondary N) is 1. The van der Waals surface area contributed by atoms with Crippen molar-refractivity contribution < 1.29 is 4.39 Å². The lowest BCUT2D eigenvalue weighted by Gasteiger charge is -2.37. The van der Waals surface area contributed by atoms with E-state index in [1.54, 1.807) is 12.1 Å². The second kappa shape index (κ2) is 10.0. The largest absolute Gasteiger partial charge is 0.311 e. The fourth-order valence-electron chi connectivity index (χ4n) is 4.52. The Bertz CT molecular complexity index is 951. The molecule has 1 atom stereocenters. The zero-order valence-corrected chi connectivity index (χ0v) is 17.8. The standard InChI is InChI=1S/C27H31FN2/c1-2-22-7-3-5-9-24(22)19-29-15-16-30-20-25-10-6-4-8-23(25)18-27(30)17-21-11-13-26(28)14-12-21/h3-14,27,29H,2,15-20H2,1H3. The molecule has 1 N–H and O–H groups in total. The molecule has 0 spiro atoms. The van der Waals surface area contributed by atoms with Gasteiger partial charge >= 0.3 is 0 Å². The summed E-state index contributed by atoms with van der Waals surface area (Å²) < 4.78 is 13.3. The summed E-state index contributed by atoms with van der Waals surface area (Å²) in [5.41, 5.74) is 6.91. The van der Waals surface area contributed by atoms with Gasteiger partial charge in [-0.15, -0.1) is 0 Å². The molecule has 0 radical (unpaired) electrons. The number of rotatable bonds is 8. The van der Waals surface area contributed by atoms with Gasteiger partial charge in [0.1, 0.15) is 5.82 Å². The lowest BCUT2D eigenvalue weighted by molar-refractivity contribution is 0.170. The van der Waals surface area contributed by atoms with E-state index in [1.807, 2.05) is 12.1 Å². The van der Waals surface area contributed by atoms with E-state index in [9.17, 15) is 4.39 Å². The first-order chi connectivity index (χ1) is 14.7. The van der Waals surface area contributed by atoms with Crippen LogP contribution in [0, 0.1) is 5.82 Å². The number of aryl methyl sites for hydroxylation is 1. The monoisotopic (exact) mass is 402 g/mol. The first kappa shape index (κ1) is 20.8. The van der Waals surface area contributed by atoms with E-state index in [4.69, 9.17) is 0 Å². The van der Waals surface area contributed by atoms with Gasteiger partial charge in [-0.25, -0.2) is 4.39 Å². The SMILES string of the molecule is CCc1ccccc1CNCCN1Cc2ccccc2CC1Cc1ccc(F)cc1. The Balaban J connectivity index is 1.40. The molecule has 1 heterocycles. The van der Waals surface area contributed by atoms with Crippen LogP contribution in [0.3, 0.4) is 0 Å². The van der Waals surface area contributed by atoms with Crippen molar-refractivity contribution in [2.45, 2.75) is 45.3 Å². The third-order valence-corrected chi connectivity index (χ3v) is 6.24. The molecule has 0 aromatic heterocycles. The Morgan fingerprint density at radius 1 is 0.900 bits per heavy atom. The van der Waals surface area contributed by atoms with E-state index in [0.29, 0.717) is 6.04 Å². The second-order valence-electron chi connectivity index (χ2n) is 8.23. The van der Waals surface area contributed by atoms with Crippen molar-refractivity contribution >= 4 is 0 Å². The molecule has 3 aromatic rings. The van der Waals surface area contributed by atoms with Gasteiger partial charge in [-0.05, 0) is 59.2 Å². The van der Waals surface area contributed by atoms with Crippen molar-refractivity contribution in [1.29, 1.82) is 0 Å². The Morgan fingerprint density at radius 2 is 1.60 bits per heavy atom. The van der Waals surface area contributed by atoms with E-state index >= 15 is 0 Å². The molecular formula is C27H31FN2. The van der Waals surface area contributed by atoms with Crippen molar-refractivity contribution in [2.75, 3.05) is 13.1 Å². The molecule has 0 amide bonds. The first-order valence-electron chi connectivity index (χ1n) is 11.1. The van der Waals surface area contributed by atoms with E-state index in [-0.39, 0.29) is 5.82 Å². The van der Waals surface area contributed by atoms with Gasteiger partial charge in [-0.1, -0.05) is 67.6 Å². The summed E-state index contributed by atoms with van der Waals surface area (Å²) in [5.74, 6) is -0.166. The first-order valence-corrected chi connectivity index (χ1v) is 11.1. The molecule has 1 aliphatic rings. The maximum Gasteiger partial charge on any atom is 0.123 e. The number of benzene rings is 3. The molecule has 0 bridgehead atoms. The molecule has 3 heteroatoms. The fourth-order valence-corrected chi connectivity index (χ4v) is 4.52. The summed E-state index contributed by atoms with van der Waals surface area (Å²) in [7, 11) is 0. The predicted molar refractivity (Wildman–Crippen MR) is 122 cm³/mol. The van der Waals surface area contributed by atoms with Crippen LogP contribution in [0.4, 0.5) is 4.39 Å². The van der Waals surface area contributed by atoms with Crippen molar-refractivity contribution in [3.05, 3.63) is 106 Å². The van der Waals surface area contributed by atoms with Crippen molar-refractivity contribution in [3.8, 4) is 0 Å². The highest BCUT2D eigenvalue weighted by Gasteiger charge is 2.25. The molecule has 3 aromatic carbocycles. The lowest BCUT2D eigenvalue weighted by Crippen LogP contribution is -2.44. The topological polar surface area (TPSA) is 15.3 Å². The molecular weight excluding hydrogens is 371 g/mol. The number of nitrogens with zero attached hydrogens (tertiary/aromatic N) is 1. The fraction of sp³-hybridized carbons (Fsp3) is 0.333. The van der Waals surface area contributed by atoms with Crippen LogP contribution in [0.25, 0.3) is 0 Å². The van der Waals surface area contributed by atoms with Gasteiger partial charge in [0.05, 0.1) is 0 Å². The number of fused-ring (bicyclic) bond motifs is 1. The van der Waals surface area contributed by atoms with Gasteiger partial charge in [0.15, 0.2) is 0 Å². The summed E-state index contributed by atoms with van der Waals surface area (Å²) >= 11 is 0. The maximum absolute atomic E-state index is 13.3. The van der Waals surface area contributed by atoms with E-state index in [0.717, 1.165) is 45.4 Å². The van der Waals surface area contributed by atoms with Crippen LogP contribution in [0.2, 0.25) is 0 Å². The van der Waals surface area contributed by atoms with Gasteiger partial charge in [-0.2, -0.15) is 0 Å².